The van der Waals surface area contributed by atoms with Crippen LogP contribution in [0.5, 0.6) is 0 Å². The number of hydrogen-bond donors (Lipinski definition) is 2. The first kappa shape index (κ1) is 11.5. The minimum Gasteiger partial charge on any atom is -0.388 e. The molecule has 90 valence electrons. The molecule has 1 heterocycles. The van der Waals surface area contributed by atoms with E-state index in [9.17, 15) is 0 Å². The summed E-state index contributed by atoms with van der Waals surface area (Å²) in [5, 5.41) is 13.3. The lowest BCUT2D eigenvalue weighted by molar-refractivity contribution is -0.493. The molecule has 1 aliphatic rings. The summed E-state index contributed by atoms with van der Waals surface area (Å²) in [5.74, 6) is 0.808. The zero-order chi connectivity index (χ0) is 12.3. The number of nitrogens with zero attached hydrogens (tertiary/aromatic N) is 4. The normalized spacial score (nSPS) is 16.1. The molecule has 6 nitrogen and oxygen atoms in total. The molecule has 1 aromatic rings. The van der Waals surface area contributed by atoms with Crippen molar-refractivity contribution in [2.24, 2.45) is 10.2 Å². The van der Waals surface area contributed by atoms with Gasteiger partial charge in [-0.3, -0.25) is 0 Å². The molecule has 2 N–H and O–H groups in total. The predicted molar refractivity (Wildman–Crippen MR) is 67.5 cm³/mol. The highest BCUT2D eigenvalue weighted by Crippen LogP contribution is 2.16. The topological polar surface area (TPSA) is 55.0 Å². The summed E-state index contributed by atoms with van der Waals surface area (Å²) >= 11 is 0. The molecular formula is C11H17N6+. The number of hydrogen-bond acceptors (Lipinski definition) is 5. The fraction of sp³-hybridized carbons (Fsp3) is 0.364. The van der Waals surface area contributed by atoms with Crippen LogP contribution in [0.4, 0.5) is 11.4 Å². The van der Waals surface area contributed by atoms with Crippen LogP contribution in [-0.4, -0.2) is 43.4 Å². The van der Waals surface area contributed by atoms with Crippen LogP contribution in [0.2, 0.25) is 0 Å². The van der Waals surface area contributed by atoms with Crippen LogP contribution in [0.1, 0.15) is 0 Å². The molecule has 0 spiro atoms. The molecule has 1 aromatic carbocycles. The lowest BCUT2D eigenvalue weighted by atomic mass is 10.3. The second kappa shape index (κ2) is 4.92. The third-order valence-corrected chi connectivity index (χ3v) is 2.60. The third kappa shape index (κ3) is 2.59. The van der Waals surface area contributed by atoms with Crippen molar-refractivity contribution >= 4 is 17.3 Å². The van der Waals surface area contributed by atoms with E-state index in [0.717, 1.165) is 24.0 Å². The predicted octanol–water partition coefficient (Wildman–Crippen LogP) is 1.22. The van der Waals surface area contributed by atoms with Crippen LogP contribution in [0.15, 0.2) is 34.5 Å². The van der Waals surface area contributed by atoms with Crippen molar-refractivity contribution in [3.8, 4) is 0 Å². The molecule has 17 heavy (non-hydrogen) atoms. The Morgan fingerprint density at radius 2 is 2.00 bits per heavy atom. The van der Waals surface area contributed by atoms with Crippen LogP contribution in [0, 0.1) is 0 Å². The van der Waals surface area contributed by atoms with E-state index in [-0.39, 0.29) is 0 Å². The van der Waals surface area contributed by atoms with Gasteiger partial charge in [-0.25, -0.2) is 4.58 Å². The first-order chi connectivity index (χ1) is 8.20. The highest BCUT2D eigenvalue weighted by Gasteiger charge is 2.24. The van der Waals surface area contributed by atoms with Crippen LogP contribution in [0.25, 0.3) is 0 Å². The zero-order valence-electron chi connectivity index (χ0n) is 10.3. The Labute approximate surface area is 101 Å². The summed E-state index contributed by atoms with van der Waals surface area (Å²) in [5.41, 5.74) is 5.03. The smallest absolute Gasteiger partial charge is 0.388 e. The zero-order valence-corrected chi connectivity index (χ0v) is 10.3. The largest absolute Gasteiger partial charge is 0.430 e. The summed E-state index contributed by atoms with van der Waals surface area (Å²) in [7, 11) is 5.78. The van der Waals surface area contributed by atoms with E-state index < -0.39 is 0 Å². The van der Waals surface area contributed by atoms with E-state index in [1.54, 1.807) is 0 Å². The van der Waals surface area contributed by atoms with E-state index in [0.29, 0.717) is 0 Å². The average molecular weight is 233 g/mol. The van der Waals surface area contributed by atoms with E-state index in [1.165, 1.54) is 0 Å². The molecule has 2 rings (SSSR count). The van der Waals surface area contributed by atoms with Gasteiger partial charge in [0.25, 0.3) is 0 Å². The molecular weight excluding hydrogens is 216 g/mol. The molecule has 0 fully saturated rings. The standard InChI is InChI=1S/C11H16N6/c1-12-9-4-6-10(7-5-9)14-15-11-16(2)8-13-17(11)3/h4-7,13H,8H2,1-3H3/p+1. The molecule has 0 saturated carbocycles. The van der Waals surface area contributed by atoms with Crippen molar-refractivity contribution in [1.82, 2.24) is 10.4 Å². The van der Waals surface area contributed by atoms with E-state index in [2.05, 4.69) is 21.0 Å². The Morgan fingerprint density at radius 1 is 1.29 bits per heavy atom. The summed E-state index contributed by atoms with van der Waals surface area (Å²) < 4.78 is 1.99. The molecule has 0 bridgehead atoms. The van der Waals surface area contributed by atoms with E-state index in [1.807, 2.05) is 55.0 Å². The molecule has 6 heteroatoms. The van der Waals surface area contributed by atoms with Crippen molar-refractivity contribution in [3.63, 3.8) is 0 Å². The molecule has 0 saturated heterocycles. The lowest BCUT2D eigenvalue weighted by Gasteiger charge is -1.99. The highest BCUT2D eigenvalue weighted by atomic mass is 15.6. The minimum absolute atomic E-state index is 0.754. The van der Waals surface area contributed by atoms with Gasteiger partial charge in [-0.1, -0.05) is 5.11 Å². The van der Waals surface area contributed by atoms with E-state index >= 15 is 0 Å². The number of rotatable bonds is 2. The Balaban J connectivity index is 2.12. The molecule has 0 amide bonds. The third-order valence-electron chi connectivity index (χ3n) is 2.60. The molecule has 0 aliphatic carbocycles. The van der Waals surface area contributed by atoms with Gasteiger partial charge in [0.2, 0.25) is 0 Å². The Morgan fingerprint density at radius 3 is 2.53 bits per heavy atom. The van der Waals surface area contributed by atoms with Gasteiger partial charge in [-0.05, 0) is 24.3 Å². The van der Waals surface area contributed by atoms with Gasteiger partial charge in [0.1, 0.15) is 12.4 Å². The van der Waals surface area contributed by atoms with Crippen molar-refractivity contribution in [2.75, 3.05) is 33.1 Å². The van der Waals surface area contributed by atoms with Crippen LogP contribution in [0.3, 0.4) is 0 Å². The second-order valence-corrected chi connectivity index (χ2v) is 3.87. The van der Waals surface area contributed by atoms with Crippen molar-refractivity contribution in [3.05, 3.63) is 24.3 Å². The fourth-order valence-electron chi connectivity index (χ4n) is 1.55. The molecule has 0 unspecified atom stereocenters. The van der Waals surface area contributed by atoms with Crippen LogP contribution >= 0.6 is 0 Å². The fourth-order valence-corrected chi connectivity index (χ4v) is 1.55. The SMILES string of the molecule is CNc1ccc(N=NC2=[N+](C)CNN2C)cc1. The maximum absolute atomic E-state index is 4.22. The molecule has 0 radical (unpaired) electrons. The van der Waals surface area contributed by atoms with Gasteiger partial charge in [0.15, 0.2) is 0 Å². The van der Waals surface area contributed by atoms with Crippen LogP contribution < -0.4 is 10.7 Å². The number of hydrazine groups is 1. The summed E-state index contributed by atoms with van der Waals surface area (Å²) in [4.78, 5) is 0. The number of azo groups is 1. The van der Waals surface area contributed by atoms with Gasteiger partial charge in [-0.15, -0.1) is 5.43 Å². The first-order valence-corrected chi connectivity index (χ1v) is 5.45. The number of benzene rings is 1. The minimum atomic E-state index is 0.754. The Hall–Kier alpha value is -1.95. The maximum atomic E-state index is 4.22. The molecule has 0 aromatic heterocycles. The lowest BCUT2D eigenvalue weighted by Crippen LogP contribution is -2.31. The van der Waals surface area contributed by atoms with Crippen molar-refractivity contribution in [2.45, 2.75) is 0 Å². The summed E-state index contributed by atoms with van der Waals surface area (Å²) in [6.07, 6.45) is 0. The summed E-state index contributed by atoms with van der Waals surface area (Å²) in [6, 6.07) is 7.80. The van der Waals surface area contributed by atoms with Crippen molar-refractivity contribution < 1.29 is 4.58 Å². The monoisotopic (exact) mass is 233 g/mol. The molecule has 0 atom stereocenters. The van der Waals surface area contributed by atoms with Gasteiger partial charge in [0, 0.05) is 17.8 Å². The van der Waals surface area contributed by atoms with Gasteiger partial charge in [-0.2, -0.15) is 5.01 Å². The quantitative estimate of drug-likeness (QED) is 0.596. The van der Waals surface area contributed by atoms with Crippen LogP contribution in [-0.2, 0) is 0 Å². The van der Waals surface area contributed by atoms with Crippen molar-refractivity contribution in [1.29, 1.82) is 0 Å². The Bertz CT molecular complexity index is 448. The summed E-state index contributed by atoms with van der Waals surface area (Å²) in [6.45, 7) is 0.754. The van der Waals surface area contributed by atoms with Gasteiger partial charge in [0.05, 0.1) is 14.1 Å². The maximum Gasteiger partial charge on any atom is 0.430 e. The highest BCUT2D eigenvalue weighted by molar-refractivity contribution is 5.75. The van der Waals surface area contributed by atoms with E-state index in [4.69, 9.17) is 0 Å². The van der Waals surface area contributed by atoms with Gasteiger partial charge < -0.3 is 5.32 Å². The average Bonchev–Trinajstić information content (AvgIpc) is 2.67. The second-order valence-electron chi connectivity index (χ2n) is 3.87. The number of guanidine groups is 1. The Kier molecular flexibility index (Phi) is 3.34. The first-order valence-electron chi connectivity index (χ1n) is 5.45. The number of anilines is 1. The number of nitrogens with one attached hydrogen (secondary N) is 2. The van der Waals surface area contributed by atoms with Gasteiger partial charge >= 0.3 is 5.96 Å². The molecule has 1 aliphatic heterocycles.